The molecular weight excluding hydrogens is 334 g/mol. The number of benzene rings is 2. The molecule has 1 N–H and O–H groups in total. The molecule has 0 spiro atoms. The molecule has 0 bridgehead atoms. The zero-order chi connectivity index (χ0) is 17.6. The van der Waals surface area contributed by atoms with E-state index in [9.17, 15) is 4.79 Å². The van der Waals surface area contributed by atoms with Gasteiger partial charge >= 0.3 is 0 Å². The number of rotatable bonds is 6. The quantitative estimate of drug-likeness (QED) is 0.689. The molecule has 128 valence electrons. The lowest BCUT2D eigenvalue weighted by atomic mass is 10.1. The van der Waals surface area contributed by atoms with Gasteiger partial charge in [-0.25, -0.2) is 9.97 Å². The molecule has 6 heteroatoms. The number of aryl methyl sites for hydroxylation is 1. The molecule has 0 saturated heterocycles. The molecule has 1 amide bonds. The maximum atomic E-state index is 12.1. The van der Waals surface area contributed by atoms with Crippen molar-refractivity contribution in [3.05, 3.63) is 59.7 Å². The molecule has 3 rings (SSSR count). The number of fused-ring (bicyclic) bond motifs is 1. The molecule has 5 nitrogen and oxygen atoms in total. The second-order valence-corrected chi connectivity index (χ2v) is 6.54. The number of carbonyl (C=O) groups is 1. The smallest absolute Gasteiger partial charge is 0.247 e. The van der Waals surface area contributed by atoms with Gasteiger partial charge in [-0.15, -0.1) is 0 Å². The third-order valence-electron chi connectivity index (χ3n) is 3.65. The van der Waals surface area contributed by atoms with E-state index in [0.29, 0.717) is 17.5 Å². The predicted octanol–water partition coefficient (Wildman–Crippen LogP) is 3.36. The van der Waals surface area contributed by atoms with Crippen LogP contribution in [0.25, 0.3) is 11.0 Å². The first-order valence-electron chi connectivity index (χ1n) is 7.91. The lowest BCUT2D eigenvalue weighted by Gasteiger charge is -2.08. The zero-order valence-corrected chi connectivity index (χ0v) is 15.0. The van der Waals surface area contributed by atoms with Crippen molar-refractivity contribution in [1.29, 1.82) is 0 Å². The summed E-state index contributed by atoms with van der Waals surface area (Å²) in [5.41, 5.74) is 3.83. The van der Waals surface area contributed by atoms with Crippen molar-refractivity contribution in [3.8, 4) is 5.88 Å². The number of hydrogen-bond acceptors (Lipinski definition) is 5. The molecule has 2 aromatic carbocycles. The van der Waals surface area contributed by atoms with Crippen LogP contribution in [-0.4, -0.2) is 28.7 Å². The van der Waals surface area contributed by atoms with Crippen LogP contribution in [0.4, 0.5) is 0 Å². The number of ether oxygens (including phenoxy) is 1. The fourth-order valence-electron chi connectivity index (χ4n) is 2.29. The average molecular weight is 353 g/mol. The van der Waals surface area contributed by atoms with Crippen LogP contribution >= 0.6 is 11.8 Å². The highest BCUT2D eigenvalue weighted by Crippen LogP contribution is 2.27. The Balaban J connectivity index is 1.61. The maximum absolute atomic E-state index is 12.1. The van der Waals surface area contributed by atoms with Gasteiger partial charge in [-0.2, -0.15) is 0 Å². The predicted molar refractivity (Wildman–Crippen MR) is 99.8 cm³/mol. The van der Waals surface area contributed by atoms with Gasteiger partial charge in [0.2, 0.25) is 11.8 Å². The first-order valence-corrected chi connectivity index (χ1v) is 8.90. The van der Waals surface area contributed by atoms with Gasteiger partial charge < -0.3 is 10.1 Å². The Morgan fingerprint density at radius 1 is 1.08 bits per heavy atom. The molecule has 3 aromatic rings. The molecule has 0 aliphatic carbocycles. The highest BCUT2D eigenvalue weighted by Gasteiger charge is 2.12. The van der Waals surface area contributed by atoms with Gasteiger partial charge in [0, 0.05) is 6.54 Å². The monoisotopic (exact) mass is 353 g/mol. The van der Waals surface area contributed by atoms with Crippen molar-refractivity contribution < 1.29 is 9.53 Å². The molecule has 0 aliphatic heterocycles. The summed E-state index contributed by atoms with van der Waals surface area (Å²) in [5.74, 6) is 0.646. The lowest BCUT2D eigenvalue weighted by Crippen LogP contribution is -2.24. The van der Waals surface area contributed by atoms with E-state index < -0.39 is 0 Å². The van der Waals surface area contributed by atoms with E-state index in [1.165, 1.54) is 17.3 Å². The standard InChI is InChI=1S/C19H19N3O2S/c1-13-7-9-14(10-8-13)11-20-17(23)12-25-19-18(24-2)21-15-5-3-4-6-16(15)22-19/h3-10H,11-12H2,1-2H3,(H,20,23). The molecule has 1 aromatic heterocycles. The van der Waals surface area contributed by atoms with E-state index in [-0.39, 0.29) is 11.7 Å². The molecule has 0 unspecified atom stereocenters. The minimum atomic E-state index is -0.0532. The Labute approximate surface area is 150 Å². The fraction of sp³-hybridized carbons (Fsp3) is 0.211. The topological polar surface area (TPSA) is 64.1 Å². The Morgan fingerprint density at radius 2 is 1.76 bits per heavy atom. The average Bonchev–Trinajstić information content (AvgIpc) is 2.65. The Bertz CT molecular complexity index is 881. The van der Waals surface area contributed by atoms with E-state index in [1.807, 2.05) is 55.5 Å². The van der Waals surface area contributed by atoms with Crippen LogP contribution in [0.3, 0.4) is 0 Å². The fourth-order valence-corrected chi connectivity index (χ4v) is 3.07. The summed E-state index contributed by atoms with van der Waals surface area (Å²) < 4.78 is 5.30. The summed E-state index contributed by atoms with van der Waals surface area (Å²) in [6.07, 6.45) is 0. The van der Waals surface area contributed by atoms with Gasteiger partial charge in [0.1, 0.15) is 0 Å². The first-order chi connectivity index (χ1) is 12.2. The molecule has 25 heavy (non-hydrogen) atoms. The van der Waals surface area contributed by atoms with Gasteiger partial charge in [-0.05, 0) is 24.6 Å². The molecule has 0 fully saturated rings. The molecule has 0 atom stereocenters. The molecular formula is C19H19N3O2S. The van der Waals surface area contributed by atoms with Crippen molar-refractivity contribution in [3.63, 3.8) is 0 Å². The first kappa shape index (κ1) is 17.2. The van der Waals surface area contributed by atoms with Crippen LogP contribution in [0, 0.1) is 6.92 Å². The lowest BCUT2D eigenvalue weighted by molar-refractivity contribution is -0.118. The molecule has 0 aliphatic rings. The normalized spacial score (nSPS) is 10.6. The van der Waals surface area contributed by atoms with Gasteiger partial charge in [0.15, 0.2) is 5.03 Å². The van der Waals surface area contributed by atoms with Crippen molar-refractivity contribution in [2.75, 3.05) is 12.9 Å². The van der Waals surface area contributed by atoms with Crippen molar-refractivity contribution >= 4 is 28.7 Å². The van der Waals surface area contributed by atoms with E-state index in [0.717, 1.165) is 16.6 Å². The molecule has 0 radical (unpaired) electrons. The summed E-state index contributed by atoms with van der Waals surface area (Å²) in [6, 6.07) is 15.7. The Hall–Kier alpha value is -2.60. The summed E-state index contributed by atoms with van der Waals surface area (Å²) in [7, 11) is 1.56. The minimum absolute atomic E-state index is 0.0532. The molecule has 0 saturated carbocycles. The summed E-state index contributed by atoms with van der Waals surface area (Å²) in [6.45, 7) is 2.55. The van der Waals surface area contributed by atoms with E-state index in [1.54, 1.807) is 7.11 Å². The van der Waals surface area contributed by atoms with Crippen LogP contribution in [0.15, 0.2) is 53.6 Å². The summed E-state index contributed by atoms with van der Waals surface area (Å²) >= 11 is 1.32. The third kappa shape index (κ3) is 4.48. The second kappa shape index (κ2) is 7.98. The Morgan fingerprint density at radius 3 is 2.44 bits per heavy atom. The number of thioether (sulfide) groups is 1. The van der Waals surface area contributed by atoms with Crippen molar-refractivity contribution in [1.82, 2.24) is 15.3 Å². The number of nitrogens with zero attached hydrogens (tertiary/aromatic N) is 2. The van der Waals surface area contributed by atoms with Crippen LogP contribution in [0.1, 0.15) is 11.1 Å². The maximum Gasteiger partial charge on any atom is 0.247 e. The van der Waals surface area contributed by atoms with Crippen LogP contribution < -0.4 is 10.1 Å². The minimum Gasteiger partial charge on any atom is -0.479 e. The number of carbonyl (C=O) groups excluding carboxylic acids is 1. The highest BCUT2D eigenvalue weighted by molar-refractivity contribution is 8.00. The highest BCUT2D eigenvalue weighted by atomic mass is 32.2. The summed E-state index contributed by atoms with van der Waals surface area (Å²) in [5, 5.41) is 3.53. The van der Waals surface area contributed by atoms with Crippen LogP contribution in [0.5, 0.6) is 5.88 Å². The Kier molecular flexibility index (Phi) is 5.50. The number of para-hydroxylation sites is 2. The van der Waals surface area contributed by atoms with Crippen molar-refractivity contribution in [2.24, 2.45) is 0 Å². The van der Waals surface area contributed by atoms with Crippen LogP contribution in [0.2, 0.25) is 0 Å². The zero-order valence-electron chi connectivity index (χ0n) is 14.2. The van der Waals surface area contributed by atoms with Crippen LogP contribution in [-0.2, 0) is 11.3 Å². The van der Waals surface area contributed by atoms with E-state index in [4.69, 9.17) is 4.74 Å². The molecule has 1 heterocycles. The second-order valence-electron chi connectivity index (χ2n) is 5.58. The number of aromatic nitrogens is 2. The van der Waals surface area contributed by atoms with Gasteiger partial charge in [-0.3, -0.25) is 4.79 Å². The van der Waals surface area contributed by atoms with Gasteiger partial charge in [-0.1, -0.05) is 53.7 Å². The van der Waals surface area contributed by atoms with Gasteiger partial charge in [0.25, 0.3) is 0 Å². The van der Waals surface area contributed by atoms with Crippen molar-refractivity contribution in [2.45, 2.75) is 18.5 Å². The summed E-state index contributed by atoms with van der Waals surface area (Å²) in [4.78, 5) is 21.1. The third-order valence-corrected chi connectivity index (χ3v) is 4.60. The number of hydrogen-bond donors (Lipinski definition) is 1. The van der Waals surface area contributed by atoms with E-state index in [2.05, 4.69) is 15.3 Å². The largest absolute Gasteiger partial charge is 0.479 e. The number of nitrogens with one attached hydrogen (secondary N) is 1. The SMILES string of the molecule is COc1nc2ccccc2nc1SCC(=O)NCc1ccc(C)cc1. The number of amides is 1. The number of methoxy groups -OCH3 is 1. The van der Waals surface area contributed by atoms with Gasteiger partial charge in [0.05, 0.1) is 23.9 Å². The van der Waals surface area contributed by atoms with E-state index >= 15 is 0 Å².